The molecule has 0 aliphatic heterocycles. The van der Waals surface area contributed by atoms with Gasteiger partial charge in [0, 0.05) is 6.07 Å². The van der Waals surface area contributed by atoms with Crippen LogP contribution in [-0.2, 0) is 10.0 Å². The van der Waals surface area contributed by atoms with Crippen molar-refractivity contribution < 1.29 is 17.3 Å². The monoisotopic (exact) mass is 352 g/mol. The van der Waals surface area contributed by atoms with Crippen LogP contribution in [0.25, 0.3) is 10.6 Å². The molecule has 0 aliphatic carbocycles. The molecule has 0 saturated heterocycles. The van der Waals surface area contributed by atoms with Crippen molar-refractivity contribution in [1.29, 1.82) is 0 Å². The summed E-state index contributed by atoms with van der Waals surface area (Å²) in [5.74, 6) is 0.0459. The van der Waals surface area contributed by atoms with Gasteiger partial charge in [0.1, 0.15) is 10.0 Å². The topological polar surface area (TPSA) is 72.2 Å². The van der Waals surface area contributed by atoms with Crippen molar-refractivity contribution in [1.82, 2.24) is 5.16 Å². The summed E-state index contributed by atoms with van der Waals surface area (Å²) >= 11 is 1.05. The van der Waals surface area contributed by atoms with Gasteiger partial charge in [-0.3, -0.25) is 4.72 Å². The Hall–Kier alpha value is -2.19. The lowest BCUT2D eigenvalue weighted by Crippen LogP contribution is -2.11. The Bertz CT molecular complexity index is 961. The largest absolute Gasteiger partial charge is 0.355 e. The van der Waals surface area contributed by atoms with E-state index in [0.29, 0.717) is 21.9 Å². The van der Waals surface area contributed by atoms with Crippen molar-refractivity contribution in [3.8, 4) is 10.6 Å². The van der Waals surface area contributed by atoms with E-state index >= 15 is 0 Å². The third kappa shape index (κ3) is 3.27. The molecule has 1 aromatic carbocycles. The Morgan fingerprint density at radius 3 is 2.61 bits per heavy atom. The van der Waals surface area contributed by atoms with Crippen molar-refractivity contribution in [2.75, 3.05) is 4.72 Å². The quantitative estimate of drug-likeness (QED) is 0.771. The van der Waals surface area contributed by atoms with Crippen LogP contribution in [-0.4, -0.2) is 13.6 Å². The lowest BCUT2D eigenvalue weighted by atomic mass is 10.2. The van der Waals surface area contributed by atoms with E-state index in [-0.39, 0.29) is 9.90 Å². The first-order valence-electron chi connectivity index (χ1n) is 6.68. The molecule has 0 fully saturated rings. The number of rotatable bonds is 4. The molecule has 3 rings (SSSR count). The summed E-state index contributed by atoms with van der Waals surface area (Å²) in [4.78, 5) is 0.654. The molecule has 23 heavy (non-hydrogen) atoms. The number of nitrogens with one attached hydrogen (secondary N) is 1. The van der Waals surface area contributed by atoms with Gasteiger partial charge in [-0.05, 0) is 43.7 Å². The molecule has 0 saturated carbocycles. The molecule has 0 radical (unpaired) electrons. The maximum atomic E-state index is 13.5. The molecule has 0 aliphatic rings. The number of halogens is 1. The molecule has 5 nitrogen and oxygen atoms in total. The molecular formula is C15H13FN2O3S2. The number of sulfonamides is 1. The van der Waals surface area contributed by atoms with Gasteiger partial charge in [-0.15, -0.1) is 11.3 Å². The predicted molar refractivity (Wildman–Crippen MR) is 86.5 cm³/mol. The van der Waals surface area contributed by atoms with E-state index < -0.39 is 15.8 Å². The second kappa shape index (κ2) is 5.78. The number of thiophene rings is 1. The molecule has 3 aromatic rings. The maximum Gasteiger partial charge on any atom is 0.271 e. The summed E-state index contributed by atoms with van der Waals surface area (Å²) in [5.41, 5.74) is 1.34. The van der Waals surface area contributed by atoms with Crippen LogP contribution in [0.2, 0.25) is 0 Å². The van der Waals surface area contributed by atoms with Crippen LogP contribution in [0.15, 0.2) is 45.1 Å². The van der Waals surface area contributed by atoms with Gasteiger partial charge in [0.05, 0.1) is 16.3 Å². The van der Waals surface area contributed by atoms with E-state index in [0.717, 1.165) is 17.4 Å². The predicted octanol–water partition coefficient (Wildman–Crippen LogP) is 3.96. The summed E-state index contributed by atoms with van der Waals surface area (Å²) in [6, 6.07) is 9.04. The Morgan fingerprint density at radius 1 is 1.17 bits per heavy atom. The van der Waals surface area contributed by atoms with Gasteiger partial charge in [-0.2, -0.15) is 0 Å². The Balaban J connectivity index is 1.88. The first-order valence-corrected chi connectivity index (χ1v) is 8.97. The van der Waals surface area contributed by atoms with Crippen LogP contribution in [0.3, 0.4) is 0 Å². The number of benzene rings is 1. The second-order valence-corrected chi connectivity index (χ2v) is 8.01. The minimum absolute atomic E-state index is 0.113. The van der Waals surface area contributed by atoms with Crippen LogP contribution < -0.4 is 4.72 Å². The molecule has 1 N–H and O–H groups in total. The lowest BCUT2D eigenvalue weighted by molar-refractivity contribution is 0.428. The van der Waals surface area contributed by atoms with Gasteiger partial charge in [-0.1, -0.05) is 11.2 Å². The third-order valence-corrected chi connectivity index (χ3v) is 6.11. The molecule has 0 atom stereocenters. The third-order valence-electron chi connectivity index (χ3n) is 3.14. The van der Waals surface area contributed by atoms with E-state index in [1.807, 2.05) is 0 Å². The average molecular weight is 352 g/mol. The smallest absolute Gasteiger partial charge is 0.271 e. The molecule has 0 amide bonds. The van der Waals surface area contributed by atoms with E-state index in [4.69, 9.17) is 4.52 Å². The van der Waals surface area contributed by atoms with E-state index in [1.165, 1.54) is 18.2 Å². The summed E-state index contributed by atoms with van der Waals surface area (Å²) in [5, 5.41) is 3.78. The van der Waals surface area contributed by atoms with Crippen LogP contribution in [0.5, 0.6) is 0 Å². The first-order chi connectivity index (χ1) is 10.8. The summed E-state index contributed by atoms with van der Waals surface area (Å²) in [6.07, 6.45) is 0. The number of aromatic nitrogens is 1. The highest BCUT2D eigenvalue weighted by molar-refractivity contribution is 7.94. The fraction of sp³-hybridized carbons (Fsp3) is 0.133. The Labute approximate surface area is 136 Å². The fourth-order valence-corrected chi connectivity index (χ4v) is 4.24. The minimum Gasteiger partial charge on any atom is -0.355 e. The highest BCUT2D eigenvalue weighted by Crippen LogP contribution is 2.32. The number of hydrogen-bond donors (Lipinski definition) is 1. The molecule has 0 bridgehead atoms. The van der Waals surface area contributed by atoms with Gasteiger partial charge in [-0.25, -0.2) is 12.8 Å². The van der Waals surface area contributed by atoms with Gasteiger partial charge >= 0.3 is 0 Å². The summed E-state index contributed by atoms with van der Waals surface area (Å²) < 4.78 is 45.9. The number of aryl methyl sites for hydroxylation is 2. The molecule has 2 heterocycles. The number of hydrogen-bond acceptors (Lipinski definition) is 5. The lowest BCUT2D eigenvalue weighted by Gasteiger charge is -2.07. The zero-order chi connectivity index (χ0) is 16.6. The second-order valence-electron chi connectivity index (χ2n) is 5.02. The van der Waals surface area contributed by atoms with E-state index in [9.17, 15) is 12.8 Å². The molecular weight excluding hydrogens is 339 g/mol. The molecule has 0 unspecified atom stereocenters. The van der Waals surface area contributed by atoms with Crippen LogP contribution in [0, 0.1) is 19.7 Å². The number of anilines is 1. The maximum absolute atomic E-state index is 13.5. The van der Waals surface area contributed by atoms with Crippen LogP contribution in [0.1, 0.15) is 11.3 Å². The van der Waals surface area contributed by atoms with E-state index in [2.05, 4.69) is 9.88 Å². The normalized spacial score (nSPS) is 11.6. The standard InChI is InChI=1S/C15H13FN2O3S2/c1-9-3-4-11(8-12(9)16)18-23(19,20)15-6-5-14(22-15)13-7-10(2)17-21-13/h3-8,18H,1-2H3. The first kappa shape index (κ1) is 15.7. The van der Waals surface area contributed by atoms with Crippen molar-refractivity contribution in [3.05, 3.63) is 53.5 Å². The zero-order valence-corrected chi connectivity index (χ0v) is 14.0. The zero-order valence-electron chi connectivity index (χ0n) is 12.3. The highest BCUT2D eigenvalue weighted by atomic mass is 32.2. The van der Waals surface area contributed by atoms with Crippen LogP contribution >= 0.6 is 11.3 Å². The summed E-state index contributed by atoms with van der Waals surface area (Å²) in [7, 11) is -3.78. The van der Waals surface area contributed by atoms with Crippen LogP contribution in [0.4, 0.5) is 10.1 Å². The Morgan fingerprint density at radius 2 is 1.96 bits per heavy atom. The van der Waals surface area contributed by atoms with Crippen molar-refractivity contribution in [2.24, 2.45) is 0 Å². The average Bonchev–Trinajstić information content (AvgIpc) is 3.11. The minimum atomic E-state index is -3.78. The van der Waals surface area contributed by atoms with Gasteiger partial charge < -0.3 is 4.52 Å². The molecule has 0 spiro atoms. The highest BCUT2D eigenvalue weighted by Gasteiger charge is 2.19. The van der Waals surface area contributed by atoms with Gasteiger partial charge in [0.2, 0.25) is 0 Å². The van der Waals surface area contributed by atoms with Crippen molar-refractivity contribution in [3.63, 3.8) is 0 Å². The fourth-order valence-electron chi connectivity index (χ4n) is 1.94. The van der Waals surface area contributed by atoms with E-state index in [1.54, 1.807) is 26.0 Å². The molecule has 8 heteroatoms. The van der Waals surface area contributed by atoms with Gasteiger partial charge in [0.15, 0.2) is 5.76 Å². The SMILES string of the molecule is Cc1cc(-c2ccc(S(=O)(=O)Nc3ccc(C)c(F)c3)s2)on1. The Kier molecular flexibility index (Phi) is 3.95. The number of nitrogens with zero attached hydrogens (tertiary/aromatic N) is 1. The van der Waals surface area contributed by atoms with Crippen molar-refractivity contribution in [2.45, 2.75) is 18.1 Å². The van der Waals surface area contributed by atoms with Crippen molar-refractivity contribution >= 4 is 27.0 Å². The summed E-state index contributed by atoms with van der Waals surface area (Å²) in [6.45, 7) is 3.39. The van der Waals surface area contributed by atoms with Gasteiger partial charge in [0.25, 0.3) is 10.0 Å². The molecule has 2 aromatic heterocycles. The molecule has 120 valence electrons.